The lowest BCUT2D eigenvalue weighted by Gasteiger charge is -2.44. The fourth-order valence-corrected chi connectivity index (χ4v) is 5.03. The maximum absolute atomic E-state index is 11.2. The van der Waals surface area contributed by atoms with Crippen LogP contribution in [0.2, 0.25) is 0 Å². The summed E-state index contributed by atoms with van der Waals surface area (Å²) in [4.78, 5) is 0. The number of thioether (sulfide) groups is 1. The number of hydrogen-bond donors (Lipinski definition) is 1. The summed E-state index contributed by atoms with van der Waals surface area (Å²) in [6.07, 6.45) is -2.24. The predicted octanol–water partition coefficient (Wildman–Crippen LogP) is 5.21. The zero-order valence-corrected chi connectivity index (χ0v) is 20.9. The van der Waals surface area contributed by atoms with Crippen LogP contribution in [0.3, 0.4) is 0 Å². The van der Waals surface area contributed by atoms with Crippen molar-refractivity contribution in [2.24, 2.45) is 0 Å². The van der Waals surface area contributed by atoms with E-state index in [1.165, 1.54) is 0 Å². The van der Waals surface area contributed by atoms with Crippen LogP contribution in [0, 0.1) is 0 Å². The number of aliphatic hydroxyl groups is 1. The zero-order chi connectivity index (χ0) is 24.3. The van der Waals surface area contributed by atoms with Crippen LogP contribution in [-0.4, -0.2) is 47.3 Å². The van der Waals surface area contributed by atoms with Crippen molar-refractivity contribution in [3.63, 3.8) is 0 Å². The molecule has 186 valence electrons. The van der Waals surface area contributed by atoms with Crippen LogP contribution < -0.4 is 0 Å². The van der Waals surface area contributed by atoms with E-state index < -0.39 is 23.7 Å². The normalized spacial score (nSPS) is 24.3. The highest BCUT2D eigenvalue weighted by atomic mass is 32.2. The van der Waals surface area contributed by atoms with Gasteiger partial charge in [0.1, 0.15) is 29.9 Å². The molecule has 4 rings (SSSR count). The summed E-state index contributed by atoms with van der Waals surface area (Å²) in [7, 11) is 0. The largest absolute Gasteiger partial charge is 0.387 e. The zero-order valence-electron chi connectivity index (χ0n) is 20.1. The second-order valence-corrected chi connectivity index (χ2v) is 9.89. The predicted molar refractivity (Wildman–Crippen MR) is 139 cm³/mol. The molecule has 0 amide bonds. The van der Waals surface area contributed by atoms with Crippen LogP contribution in [0.4, 0.5) is 0 Å². The molecule has 0 aromatic heterocycles. The topological polar surface area (TPSA) is 57.2 Å². The molecule has 0 bridgehead atoms. The minimum Gasteiger partial charge on any atom is -0.387 e. The monoisotopic (exact) mass is 494 g/mol. The molecule has 3 aromatic rings. The third-order valence-corrected chi connectivity index (χ3v) is 6.96. The van der Waals surface area contributed by atoms with Gasteiger partial charge in [-0.3, -0.25) is 0 Å². The lowest BCUT2D eigenvalue weighted by molar-refractivity contribution is -0.243. The first-order valence-corrected chi connectivity index (χ1v) is 13.2. The van der Waals surface area contributed by atoms with E-state index in [1.807, 2.05) is 91.0 Å². The number of hydrogen-bond acceptors (Lipinski definition) is 6. The molecule has 2 unspecified atom stereocenters. The van der Waals surface area contributed by atoms with Crippen molar-refractivity contribution in [1.82, 2.24) is 0 Å². The fraction of sp³-hybridized carbons (Fsp3) is 0.379. The standard InChI is InChI=1S/C29H34O5S/c1-2-35-29-26(30)28(33-20-24-16-10-5-11-17-24)27(32-19-23-14-8-4-9-15-23)25(34-29)21-31-18-22-12-6-3-7-13-22/h3-17,25-30H,2,18-21H2,1H3/t25?,26?,27-,28-,29+/m1/s1. The molecule has 5 nitrogen and oxygen atoms in total. The van der Waals surface area contributed by atoms with Gasteiger partial charge in [0.2, 0.25) is 0 Å². The Morgan fingerprint density at radius 3 is 1.71 bits per heavy atom. The molecule has 0 aliphatic carbocycles. The van der Waals surface area contributed by atoms with Crippen molar-refractivity contribution in [1.29, 1.82) is 0 Å². The van der Waals surface area contributed by atoms with Crippen LogP contribution >= 0.6 is 11.8 Å². The molecule has 3 aromatic carbocycles. The Labute approximate surface area is 212 Å². The molecule has 0 spiro atoms. The second kappa shape index (κ2) is 13.8. The van der Waals surface area contributed by atoms with Gasteiger partial charge in [0, 0.05) is 0 Å². The highest BCUT2D eigenvalue weighted by molar-refractivity contribution is 7.99. The van der Waals surface area contributed by atoms with E-state index in [0.717, 1.165) is 22.4 Å². The van der Waals surface area contributed by atoms with E-state index >= 15 is 0 Å². The summed E-state index contributed by atoms with van der Waals surface area (Å²) in [5, 5.41) is 11.2. The minimum absolute atomic E-state index is 0.340. The summed E-state index contributed by atoms with van der Waals surface area (Å²) in [6, 6.07) is 30.1. The first-order chi connectivity index (χ1) is 17.2. The van der Waals surface area contributed by atoms with E-state index in [1.54, 1.807) is 11.8 Å². The lowest BCUT2D eigenvalue weighted by atomic mass is 9.99. The van der Waals surface area contributed by atoms with Crippen LogP contribution in [0.25, 0.3) is 0 Å². The van der Waals surface area contributed by atoms with Gasteiger partial charge >= 0.3 is 0 Å². The molecule has 1 aliphatic rings. The first kappa shape index (κ1) is 25.9. The molecule has 0 radical (unpaired) electrons. The van der Waals surface area contributed by atoms with E-state index in [0.29, 0.717) is 26.4 Å². The van der Waals surface area contributed by atoms with Gasteiger partial charge in [-0.15, -0.1) is 11.8 Å². The second-order valence-electron chi connectivity index (χ2n) is 8.51. The molecule has 1 heterocycles. The molecular weight excluding hydrogens is 460 g/mol. The van der Waals surface area contributed by atoms with Gasteiger partial charge in [-0.05, 0) is 22.4 Å². The molecule has 5 atom stereocenters. The van der Waals surface area contributed by atoms with E-state index in [9.17, 15) is 5.11 Å². The van der Waals surface area contributed by atoms with Gasteiger partial charge in [0.05, 0.1) is 26.4 Å². The third kappa shape index (κ3) is 7.64. The van der Waals surface area contributed by atoms with Gasteiger partial charge in [0.25, 0.3) is 0 Å². The fourth-order valence-electron chi connectivity index (χ4n) is 4.12. The molecule has 1 saturated heterocycles. The maximum atomic E-state index is 11.2. The highest BCUT2D eigenvalue weighted by Gasteiger charge is 2.47. The maximum Gasteiger partial charge on any atom is 0.132 e. The van der Waals surface area contributed by atoms with Gasteiger partial charge in [-0.25, -0.2) is 0 Å². The Morgan fingerprint density at radius 1 is 0.714 bits per heavy atom. The number of rotatable bonds is 12. The minimum atomic E-state index is -0.824. The Hall–Kier alpha value is -2.19. The summed E-state index contributed by atoms with van der Waals surface area (Å²) in [5.74, 6) is 0.820. The summed E-state index contributed by atoms with van der Waals surface area (Å²) in [6.45, 7) is 3.66. The molecule has 1 N–H and O–H groups in total. The Bertz CT molecular complexity index is 972. The van der Waals surface area contributed by atoms with E-state index in [2.05, 4.69) is 6.92 Å². The SMILES string of the molecule is CCS[C@@H]1OC(COCc2ccccc2)[C@@H](OCc2ccccc2)[C@H](OCc2ccccc2)C1O. The quantitative estimate of drug-likeness (QED) is 0.373. The van der Waals surface area contributed by atoms with Crippen molar-refractivity contribution in [3.05, 3.63) is 108 Å². The molecule has 0 saturated carbocycles. The van der Waals surface area contributed by atoms with Crippen LogP contribution in [0.15, 0.2) is 91.0 Å². The van der Waals surface area contributed by atoms with Crippen molar-refractivity contribution < 1.29 is 24.1 Å². The summed E-state index contributed by atoms with van der Waals surface area (Å²) < 4.78 is 25.1. The van der Waals surface area contributed by atoms with Crippen molar-refractivity contribution >= 4 is 11.8 Å². The van der Waals surface area contributed by atoms with Gasteiger partial charge in [-0.1, -0.05) is 97.9 Å². The third-order valence-electron chi connectivity index (χ3n) is 5.91. The summed E-state index contributed by atoms with van der Waals surface area (Å²) >= 11 is 1.57. The smallest absolute Gasteiger partial charge is 0.132 e. The van der Waals surface area contributed by atoms with Crippen LogP contribution in [0.1, 0.15) is 23.6 Å². The van der Waals surface area contributed by atoms with Gasteiger partial charge in [0.15, 0.2) is 0 Å². The molecular formula is C29H34O5S. The average Bonchev–Trinajstić information content (AvgIpc) is 2.90. The first-order valence-electron chi connectivity index (χ1n) is 12.1. The van der Waals surface area contributed by atoms with Crippen molar-refractivity contribution in [2.45, 2.75) is 56.6 Å². The number of aliphatic hydroxyl groups excluding tert-OH is 1. The van der Waals surface area contributed by atoms with Crippen LogP contribution in [-0.2, 0) is 38.8 Å². The highest BCUT2D eigenvalue weighted by Crippen LogP contribution is 2.33. The lowest BCUT2D eigenvalue weighted by Crippen LogP contribution is -2.59. The van der Waals surface area contributed by atoms with Crippen molar-refractivity contribution in [3.8, 4) is 0 Å². The Kier molecular flexibility index (Phi) is 10.2. The Balaban J connectivity index is 1.50. The van der Waals surface area contributed by atoms with Crippen molar-refractivity contribution in [2.75, 3.05) is 12.4 Å². The molecule has 35 heavy (non-hydrogen) atoms. The molecule has 6 heteroatoms. The number of benzene rings is 3. The van der Waals surface area contributed by atoms with E-state index in [4.69, 9.17) is 18.9 Å². The van der Waals surface area contributed by atoms with E-state index in [-0.39, 0.29) is 6.10 Å². The molecule has 1 aliphatic heterocycles. The van der Waals surface area contributed by atoms with Crippen LogP contribution in [0.5, 0.6) is 0 Å². The summed E-state index contributed by atoms with van der Waals surface area (Å²) in [5.41, 5.74) is 2.78. The van der Waals surface area contributed by atoms with Gasteiger partial charge in [-0.2, -0.15) is 0 Å². The number of ether oxygens (including phenoxy) is 4. The van der Waals surface area contributed by atoms with Gasteiger partial charge < -0.3 is 24.1 Å². The molecule has 1 fully saturated rings. The average molecular weight is 495 g/mol. The Morgan fingerprint density at radius 2 is 1.20 bits per heavy atom.